The highest BCUT2D eigenvalue weighted by Crippen LogP contribution is 2.24. The van der Waals surface area contributed by atoms with E-state index in [1.807, 2.05) is 0 Å². The zero-order valence-corrected chi connectivity index (χ0v) is 15.3. The molecule has 0 aromatic heterocycles. The van der Waals surface area contributed by atoms with Gasteiger partial charge in [0.05, 0.1) is 12.5 Å². The van der Waals surface area contributed by atoms with Crippen LogP contribution in [0.15, 0.2) is 48.5 Å². The summed E-state index contributed by atoms with van der Waals surface area (Å²) in [5.74, 6) is -1.38. The fraction of sp³-hybridized carbons (Fsp3) is 0.250. The number of amides is 2. The molecule has 2 aromatic rings. The smallest absolute Gasteiger partial charge is 0.305 e. The van der Waals surface area contributed by atoms with Gasteiger partial charge < -0.3 is 15.3 Å². The largest absolute Gasteiger partial charge is 0.481 e. The maximum absolute atomic E-state index is 12.7. The summed E-state index contributed by atoms with van der Waals surface area (Å²) >= 11 is 5.88. The van der Waals surface area contributed by atoms with E-state index in [0.717, 1.165) is 6.42 Å². The predicted molar refractivity (Wildman–Crippen MR) is 102 cm³/mol. The molecule has 2 amide bonds. The first-order valence-corrected chi connectivity index (χ1v) is 9.00. The number of hydrogen-bond acceptors (Lipinski definition) is 3. The van der Waals surface area contributed by atoms with Crippen molar-refractivity contribution in [2.75, 3.05) is 11.4 Å². The standard InChI is InChI=1S/C20H19ClN2O4/c21-15-8-6-13(7-9-15)17(12-19(25)26)22-20(27)14-3-1-4-16(11-14)23-10-2-5-18(23)24/h1,3-4,6-9,11,17H,2,5,10,12H2,(H,22,27)(H,25,26)/t17-/m0/s1. The van der Waals surface area contributed by atoms with Gasteiger partial charge in [0.1, 0.15) is 0 Å². The minimum Gasteiger partial charge on any atom is -0.481 e. The molecule has 1 heterocycles. The first-order valence-electron chi connectivity index (χ1n) is 8.62. The Morgan fingerprint density at radius 1 is 1.19 bits per heavy atom. The summed E-state index contributed by atoms with van der Waals surface area (Å²) in [4.78, 5) is 37.5. The maximum Gasteiger partial charge on any atom is 0.305 e. The minimum absolute atomic E-state index is 0.0393. The average Bonchev–Trinajstić information content (AvgIpc) is 3.07. The van der Waals surface area contributed by atoms with Gasteiger partial charge in [-0.25, -0.2) is 0 Å². The normalized spacial score (nSPS) is 14.9. The average molecular weight is 387 g/mol. The van der Waals surface area contributed by atoms with Crippen LogP contribution in [0.3, 0.4) is 0 Å². The third kappa shape index (κ3) is 4.65. The lowest BCUT2D eigenvalue weighted by atomic mass is 10.0. The number of nitrogens with zero attached hydrogens (tertiary/aromatic N) is 1. The highest BCUT2D eigenvalue weighted by atomic mass is 35.5. The van der Waals surface area contributed by atoms with Crippen LogP contribution in [0.25, 0.3) is 0 Å². The van der Waals surface area contributed by atoms with E-state index >= 15 is 0 Å². The number of carbonyl (C=O) groups excluding carboxylic acids is 2. The van der Waals surface area contributed by atoms with E-state index in [1.165, 1.54) is 0 Å². The zero-order chi connectivity index (χ0) is 19.4. The molecule has 0 radical (unpaired) electrons. The number of carboxylic acids is 1. The molecule has 0 unspecified atom stereocenters. The second-order valence-electron chi connectivity index (χ2n) is 6.37. The van der Waals surface area contributed by atoms with Gasteiger partial charge in [-0.05, 0) is 42.3 Å². The van der Waals surface area contributed by atoms with Crippen LogP contribution >= 0.6 is 11.6 Å². The van der Waals surface area contributed by atoms with Crippen LogP contribution in [0.5, 0.6) is 0 Å². The summed E-state index contributed by atoms with van der Waals surface area (Å²) in [7, 11) is 0. The molecule has 2 N–H and O–H groups in total. The van der Waals surface area contributed by atoms with Crippen molar-refractivity contribution in [1.82, 2.24) is 5.32 Å². The molecular weight excluding hydrogens is 368 g/mol. The number of carboxylic acid groups (broad SMARTS) is 1. The molecule has 0 saturated carbocycles. The van der Waals surface area contributed by atoms with Crippen LogP contribution in [0.2, 0.25) is 5.02 Å². The van der Waals surface area contributed by atoms with Gasteiger partial charge in [0.25, 0.3) is 5.91 Å². The number of nitrogens with one attached hydrogen (secondary N) is 1. The van der Waals surface area contributed by atoms with E-state index in [4.69, 9.17) is 11.6 Å². The quantitative estimate of drug-likeness (QED) is 0.796. The van der Waals surface area contributed by atoms with Gasteiger partial charge in [-0.2, -0.15) is 0 Å². The monoisotopic (exact) mass is 386 g/mol. The molecule has 7 heteroatoms. The molecule has 1 aliphatic rings. The van der Waals surface area contributed by atoms with E-state index in [0.29, 0.717) is 34.8 Å². The first-order chi connectivity index (χ1) is 12.9. The van der Waals surface area contributed by atoms with Crippen molar-refractivity contribution >= 4 is 35.1 Å². The van der Waals surface area contributed by atoms with Crippen LogP contribution in [-0.4, -0.2) is 29.4 Å². The second-order valence-corrected chi connectivity index (χ2v) is 6.81. The van der Waals surface area contributed by atoms with Gasteiger partial charge in [-0.3, -0.25) is 14.4 Å². The number of hydrogen-bond donors (Lipinski definition) is 2. The lowest BCUT2D eigenvalue weighted by Crippen LogP contribution is -2.30. The Bertz CT molecular complexity index is 867. The number of rotatable bonds is 6. The molecule has 1 fully saturated rings. The zero-order valence-electron chi connectivity index (χ0n) is 14.5. The summed E-state index contributed by atoms with van der Waals surface area (Å²) in [6.07, 6.45) is 1.05. The van der Waals surface area contributed by atoms with Crippen molar-refractivity contribution in [3.8, 4) is 0 Å². The van der Waals surface area contributed by atoms with Gasteiger partial charge in [0.15, 0.2) is 0 Å². The summed E-state index contributed by atoms with van der Waals surface area (Å²) in [5, 5.41) is 12.5. The SMILES string of the molecule is O=C(O)C[C@H](NC(=O)c1cccc(N2CCCC2=O)c1)c1ccc(Cl)cc1. The Balaban J connectivity index is 1.80. The Hall–Kier alpha value is -2.86. The molecule has 2 aromatic carbocycles. The summed E-state index contributed by atoms with van der Waals surface area (Å²) in [6, 6.07) is 12.8. The van der Waals surface area contributed by atoms with E-state index < -0.39 is 17.9 Å². The van der Waals surface area contributed by atoms with Crippen molar-refractivity contribution in [2.24, 2.45) is 0 Å². The number of anilines is 1. The first kappa shape index (κ1) is 18.9. The number of benzene rings is 2. The third-order valence-corrected chi connectivity index (χ3v) is 4.70. The van der Waals surface area contributed by atoms with Gasteiger partial charge in [-0.1, -0.05) is 29.8 Å². The molecule has 140 valence electrons. The van der Waals surface area contributed by atoms with Crippen LogP contribution in [0, 0.1) is 0 Å². The van der Waals surface area contributed by atoms with Crippen molar-refractivity contribution in [2.45, 2.75) is 25.3 Å². The molecule has 0 spiro atoms. The molecule has 27 heavy (non-hydrogen) atoms. The summed E-state index contributed by atoms with van der Waals surface area (Å²) in [6.45, 7) is 0.635. The third-order valence-electron chi connectivity index (χ3n) is 4.45. The summed E-state index contributed by atoms with van der Waals surface area (Å²) < 4.78 is 0. The topological polar surface area (TPSA) is 86.7 Å². The fourth-order valence-electron chi connectivity index (χ4n) is 3.10. The lowest BCUT2D eigenvalue weighted by molar-refractivity contribution is -0.137. The highest BCUT2D eigenvalue weighted by molar-refractivity contribution is 6.30. The lowest BCUT2D eigenvalue weighted by Gasteiger charge is -2.19. The van der Waals surface area contributed by atoms with E-state index in [-0.39, 0.29) is 12.3 Å². The maximum atomic E-state index is 12.7. The Morgan fingerprint density at radius 3 is 2.56 bits per heavy atom. The van der Waals surface area contributed by atoms with E-state index in [9.17, 15) is 19.5 Å². The Kier molecular flexibility index (Phi) is 5.76. The molecule has 0 aliphatic carbocycles. The molecule has 1 saturated heterocycles. The van der Waals surface area contributed by atoms with Crippen molar-refractivity contribution < 1.29 is 19.5 Å². The van der Waals surface area contributed by atoms with Crippen molar-refractivity contribution in [3.63, 3.8) is 0 Å². The number of carbonyl (C=O) groups is 3. The van der Waals surface area contributed by atoms with Crippen LogP contribution in [0.1, 0.15) is 41.2 Å². The highest BCUT2D eigenvalue weighted by Gasteiger charge is 2.23. The van der Waals surface area contributed by atoms with Crippen LogP contribution < -0.4 is 10.2 Å². The number of halogens is 1. The molecule has 0 bridgehead atoms. The molecule has 1 atom stereocenters. The second kappa shape index (κ2) is 8.22. The van der Waals surface area contributed by atoms with Gasteiger partial charge in [0.2, 0.25) is 5.91 Å². The van der Waals surface area contributed by atoms with Gasteiger partial charge >= 0.3 is 5.97 Å². The molecule has 1 aliphatic heterocycles. The van der Waals surface area contributed by atoms with E-state index in [1.54, 1.807) is 53.4 Å². The van der Waals surface area contributed by atoms with Crippen LogP contribution in [0.4, 0.5) is 5.69 Å². The molecule has 3 rings (SSSR count). The predicted octanol–water partition coefficient (Wildman–Crippen LogP) is 3.41. The Morgan fingerprint density at radius 2 is 1.93 bits per heavy atom. The van der Waals surface area contributed by atoms with Crippen LogP contribution in [-0.2, 0) is 9.59 Å². The molecular formula is C20H19ClN2O4. The molecule has 6 nitrogen and oxygen atoms in total. The fourth-order valence-corrected chi connectivity index (χ4v) is 3.23. The van der Waals surface area contributed by atoms with Gasteiger partial charge in [-0.15, -0.1) is 0 Å². The number of aliphatic carboxylic acids is 1. The van der Waals surface area contributed by atoms with Gasteiger partial charge in [0, 0.05) is 29.2 Å². The van der Waals surface area contributed by atoms with E-state index in [2.05, 4.69) is 5.32 Å². The van der Waals surface area contributed by atoms with Crippen molar-refractivity contribution in [1.29, 1.82) is 0 Å². The Labute approximate surface area is 161 Å². The minimum atomic E-state index is -1.02. The van der Waals surface area contributed by atoms with Crippen molar-refractivity contribution in [3.05, 3.63) is 64.7 Å². The summed E-state index contributed by atoms with van der Waals surface area (Å²) in [5.41, 5.74) is 1.70.